The quantitative estimate of drug-likeness (QED) is 0.371. The van der Waals surface area contributed by atoms with Crippen LogP contribution < -0.4 is 5.32 Å². The van der Waals surface area contributed by atoms with Crippen LogP contribution in [-0.4, -0.2) is 20.8 Å². The molecule has 0 aliphatic carbocycles. The highest BCUT2D eigenvalue weighted by Gasteiger charge is 2.16. The van der Waals surface area contributed by atoms with E-state index in [0.29, 0.717) is 5.69 Å². The van der Waals surface area contributed by atoms with Crippen LogP contribution in [0.3, 0.4) is 0 Å². The minimum atomic E-state index is -0.683. The normalized spacial score (nSPS) is 10.4. The molecule has 2 aromatic carbocycles. The number of nitrogens with zero attached hydrogens (tertiary/aromatic N) is 3. The van der Waals surface area contributed by atoms with Crippen LogP contribution in [0.5, 0.6) is 0 Å². The first kappa shape index (κ1) is 19.6. The number of amides is 1. The molecule has 1 heterocycles. The molecule has 0 radical (unpaired) electrons. The van der Waals surface area contributed by atoms with Crippen LogP contribution in [0, 0.1) is 26.2 Å². The molecule has 3 rings (SSSR count). The van der Waals surface area contributed by atoms with Crippen molar-refractivity contribution in [3.8, 4) is 6.07 Å². The number of nitro benzene ring substituents is 1. The van der Waals surface area contributed by atoms with Gasteiger partial charge in [-0.25, -0.2) is 4.98 Å². The lowest BCUT2D eigenvalue weighted by Crippen LogP contribution is -2.14. The third-order valence-electron chi connectivity index (χ3n) is 3.83. The highest BCUT2D eigenvalue weighted by atomic mass is 32.1. The molecule has 0 atom stereocenters. The molecule has 1 aromatic heterocycles. The molecule has 0 spiro atoms. The SMILES string of the molecule is N#Cc1ccc(NC(=O)c2cc(C=Cc3ccccc3)[nH]c(=S)n2)cc1[N+](=O)[O-]. The number of benzene rings is 2. The maximum Gasteiger partial charge on any atom is 0.289 e. The summed E-state index contributed by atoms with van der Waals surface area (Å²) in [6, 6.07) is 16.6. The van der Waals surface area contributed by atoms with Crippen molar-refractivity contribution in [1.29, 1.82) is 5.26 Å². The Labute approximate surface area is 170 Å². The fourth-order valence-corrected chi connectivity index (χ4v) is 2.70. The molecule has 0 fully saturated rings. The molecule has 3 aromatic rings. The van der Waals surface area contributed by atoms with E-state index in [1.54, 1.807) is 12.1 Å². The van der Waals surface area contributed by atoms with Gasteiger partial charge in [-0.15, -0.1) is 0 Å². The van der Waals surface area contributed by atoms with E-state index in [0.717, 1.165) is 11.6 Å². The van der Waals surface area contributed by atoms with Gasteiger partial charge in [-0.3, -0.25) is 14.9 Å². The first-order valence-electron chi connectivity index (χ1n) is 8.30. The molecule has 0 unspecified atom stereocenters. The summed E-state index contributed by atoms with van der Waals surface area (Å²) in [7, 11) is 0. The molecule has 29 heavy (non-hydrogen) atoms. The molecule has 1 amide bonds. The summed E-state index contributed by atoms with van der Waals surface area (Å²) in [5.41, 5.74) is 1.28. The number of aromatic nitrogens is 2. The van der Waals surface area contributed by atoms with Gasteiger partial charge in [-0.1, -0.05) is 36.4 Å². The second kappa shape index (κ2) is 8.69. The zero-order valence-electron chi connectivity index (χ0n) is 14.8. The molecule has 2 N–H and O–H groups in total. The molecule has 0 saturated carbocycles. The van der Waals surface area contributed by atoms with Gasteiger partial charge in [0.15, 0.2) is 4.77 Å². The summed E-state index contributed by atoms with van der Waals surface area (Å²) in [5, 5.41) is 22.5. The third kappa shape index (κ3) is 4.97. The Morgan fingerprint density at radius 2 is 1.97 bits per heavy atom. The molecule has 0 aliphatic rings. The molecular weight excluding hydrogens is 390 g/mol. The second-order valence-corrected chi connectivity index (χ2v) is 6.21. The first-order valence-corrected chi connectivity index (χ1v) is 8.71. The van der Waals surface area contributed by atoms with Gasteiger partial charge >= 0.3 is 0 Å². The van der Waals surface area contributed by atoms with Crippen LogP contribution in [0.2, 0.25) is 0 Å². The molecule has 8 nitrogen and oxygen atoms in total. The van der Waals surface area contributed by atoms with Crippen molar-refractivity contribution in [2.24, 2.45) is 0 Å². The minimum absolute atomic E-state index is 0.0495. The Balaban J connectivity index is 1.85. The highest BCUT2D eigenvalue weighted by molar-refractivity contribution is 7.71. The fraction of sp³-hybridized carbons (Fsp3) is 0. The Hall–Kier alpha value is -4.16. The minimum Gasteiger partial charge on any atom is -0.331 e. The maximum absolute atomic E-state index is 12.5. The zero-order chi connectivity index (χ0) is 20.8. The average molecular weight is 403 g/mol. The Morgan fingerprint density at radius 3 is 2.66 bits per heavy atom. The summed E-state index contributed by atoms with van der Waals surface area (Å²) >= 11 is 5.08. The van der Waals surface area contributed by atoms with Crippen molar-refractivity contribution in [2.45, 2.75) is 0 Å². The van der Waals surface area contributed by atoms with E-state index in [-0.39, 0.29) is 21.7 Å². The Kier molecular flexibility index (Phi) is 5.87. The van der Waals surface area contributed by atoms with Crippen molar-refractivity contribution in [1.82, 2.24) is 9.97 Å². The van der Waals surface area contributed by atoms with E-state index in [4.69, 9.17) is 17.5 Å². The molecule has 0 saturated heterocycles. The third-order valence-corrected chi connectivity index (χ3v) is 4.02. The highest BCUT2D eigenvalue weighted by Crippen LogP contribution is 2.23. The van der Waals surface area contributed by atoms with Crippen molar-refractivity contribution in [2.75, 3.05) is 5.32 Å². The van der Waals surface area contributed by atoms with Crippen molar-refractivity contribution in [3.63, 3.8) is 0 Å². The number of carbonyl (C=O) groups excluding carboxylic acids is 1. The van der Waals surface area contributed by atoms with Gasteiger partial charge in [0.05, 0.1) is 4.92 Å². The van der Waals surface area contributed by atoms with Crippen LogP contribution in [0.4, 0.5) is 11.4 Å². The lowest BCUT2D eigenvalue weighted by Gasteiger charge is -2.06. The number of hydrogen-bond donors (Lipinski definition) is 2. The predicted octanol–water partition coefficient (Wildman–Crippen LogP) is 4.34. The van der Waals surface area contributed by atoms with Gasteiger partial charge in [0.2, 0.25) is 0 Å². The topological polar surface area (TPSA) is 125 Å². The van der Waals surface area contributed by atoms with E-state index in [9.17, 15) is 14.9 Å². The summed E-state index contributed by atoms with van der Waals surface area (Å²) in [6.07, 6.45) is 3.61. The van der Waals surface area contributed by atoms with Crippen LogP contribution in [-0.2, 0) is 0 Å². The second-order valence-electron chi connectivity index (χ2n) is 5.83. The number of aromatic amines is 1. The van der Waals surface area contributed by atoms with E-state index < -0.39 is 16.5 Å². The summed E-state index contributed by atoms with van der Waals surface area (Å²) in [5.74, 6) is -0.585. The van der Waals surface area contributed by atoms with Crippen LogP contribution in [0.15, 0.2) is 54.6 Å². The largest absolute Gasteiger partial charge is 0.331 e. The summed E-state index contributed by atoms with van der Waals surface area (Å²) in [6.45, 7) is 0. The van der Waals surface area contributed by atoms with Crippen molar-refractivity contribution >= 4 is 41.7 Å². The van der Waals surface area contributed by atoms with Crippen LogP contribution in [0.25, 0.3) is 12.2 Å². The van der Waals surface area contributed by atoms with Gasteiger partial charge in [-0.05, 0) is 42.1 Å². The number of hydrogen-bond acceptors (Lipinski definition) is 6. The van der Waals surface area contributed by atoms with E-state index in [1.807, 2.05) is 36.4 Å². The molecule has 9 heteroatoms. The predicted molar refractivity (Wildman–Crippen MR) is 111 cm³/mol. The standard InChI is InChI=1S/C20H13N5O3S/c21-12-14-7-9-16(11-18(14)25(27)28)22-19(26)17-10-15(23-20(29)24-17)8-6-13-4-2-1-3-5-13/h1-11H,(H,22,26)(H,23,24,29). The van der Waals surface area contributed by atoms with Crippen molar-refractivity contribution in [3.05, 3.63) is 92.0 Å². The van der Waals surface area contributed by atoms with Gasteiger partial charge in [0.25, 0.3) is 11.6 Å². The number of H-pyrrole nitrogens is 1. The zero-order valence-corrected chi connectivity index (χ0v) is 15.6. The molecule has 142 valence electrons. The smallest absolute Gasteiger partial charge is 0.289 e. The van der Waals surface area contributed by atoms with Gasteiger partial charge in [0, 0.05) is 17.4 Å². The molecule has 0 bridgehead atoms. The monoisotopic (exact) mass is 403 g/mol. The lowest BCUT2D eigenvalue weighted by molar-refractivity contribution is -0.385. The lowest BCUT2D eigenvalue weighted by atomic mass is 10.1. The number of anilines is 1. The first-order chi connectivity index (χ1) is 14.0. The fourth-order valence-electron chi connectivity index (χ4n) is 2.48. The van der Waals surface area contributed by atoms with E-state index in [1.165, 1.54) is 18.2 Å². The average Bonchev–Trinajstić information content (AvgIpc) is 2.72. The van der Waals surface area contributed by atoms with E-state index in [2.05, 4.69) is 15.3 Å². The number of nitriles is 1. The van der Waals surface area contributed by atoms with Crippen LogP contribution in [0.1, 0.15) is 27.3 Å². The maximum atomic E-state index is 12.5. The number of carbonyl (C=O) groups is 1. The molecular formula is C20H13N5O3S. The summed E-state index contributed by atoms with van der Waals surface area (Å²) < 4.78 is 0.121. The van der Waals surface area contributed by atoms with Crippen LogP contribution >= 0.6 is 12.2 Å². The number of nitro groups is 1. The number of nitrogens with one attached hydrogen (secondary N) is 2. The number of rotatable bonds is 5. The van der Waals surface area contributed by atoms with Gasteiger partial charge < -0.3 is 10.3 Å². The van der Waals surface area contributed by atoms with Gasteiger partial charge in [-0.2, -0.15) is 5.26 Å². The van der Waals surface area contributed by atoms with E-state index >= 15 is 0 Å². The Morgan fingerprint density at radius 1 is 1.21 bits per heavy atom. The Bertz CT molecular complexity index is 1210. The summed E-state index contributed by atoms with van der Waals surface area (Å²) in [4.78, 5) is 29.8. The molecule has 0 aliphatic heterocycles. The van der Waals surface area contributed by atoms with Gasteiger partial charge in [0.1, 0.15) is 17.3 Å². The van der Waals surface area contributed by atoms with Crippen molar-refractivity contribution < 1.29 is 9.72 Å².